The SMILES string of the molecule is CC(=O)Nc1ccc(C(=O)COC(=O)[C@@H]2CCCN2S(=O)(=O)c2ccc(C)cc2)cc1. The Kier molecular flexibility index (Phi) is 6.87. The molecule has 2 aromatic rings. The molecule has 2 aromatic carbocycles. The molecule has 0 aliphatic carbocycles. The molecule has 31 heavy (non-hydrogen) atoms. The number of hydrogen-bond acceptors (Lipinski definition) is 6. The number of nitrogens with one attached hydrogen (secondary N) is 1. The lowest BCUT2D eigenvalue weighted by Crippen LogP contribution is -2.41. The predicted molar refractivity (Wildman–Crippen MR) is 114 cm³/mol. The van der Waals surface area contributed by atoms with E-state index in [1.54, 1.807) is 24.3 Å². The largest absolute Gasteiger partial charge is 0.456 e. The van der Waals surface area contributed by atoms with Crippen LogP contribution in [0.15, 0.2) is 53.4 Å². The van der Waals surface area contributed by atoms with Crippen molar-refractivity contribution in [3.63, 3.8) is 0 Å². The number of ether oxygens (including phenoxy) is 1. The molecule has 1 amide bonds. The van der Waals surface area contributed by atoms with Gasteiger partial charge >= 0.3 is 5.97 Å². The van der Waals surface area contributed by atoms with Crippen LogP contribution in [0.4, 0.5) is 5.69 Å². The molecule has 1 fully saturated rings. The molecule has 1 atom stereocenters. The minimum Gasteiger partial charge on any atom is -0.456 e. The van der Waals surface area contributed by atoms with Gasteiger partial charge in [-0.3, -0.25) is 14.4 Å². The molecule has 9 heteroatoms. The molecule has 8 nitrogen and oxygen atoms in total. The Balaban J connectivity index is 1.63. The predicted octanol–water partition coefficient (Wildman–Crippen LogP) is 2.53. The summed E-state index contributed by atoms with van der Waals surface area (Å²) < 4.78 is 32.2. The van der Waals surface area contributed by atoms with Gasteiger partial charge in [0.15, 0.2) is 12.4 Å². The number of amides is 1. The van der Waals surface area contributed by atoms with E-state index in [1.165, 1.54) is 31.2 Å². The van der Waals surface area contributed by atoms with Crippen LogP contribution in [0.2, 0.25) is 0 Å². The molecule has 0 bridgehead atoms. The molecule has 0 saturated carbocycles. The molecule has 1 N–H and O–H groups in total. The van der Waals surface area contributed by atoms with Gasteiger partial charge in [-0.05, 0) is 56.2 Å². The highest BCUT2D eigenvalue weighted by Crippen LogP contribution is 2.27. The molecule has 1 saturated heterocycles. The second kappa shape index (κ2) is 9.40. The van der Waals surface area contributed by atoms with E-state index in [4.69, 9.17) is 4.74 Å². The number of anilines is 1. The first kappa shape index (κ1) is 22.6. The number of benzene rings is 2. The summed E-state index contributed by atoms with van der Waals surface area (Å²) in [6.45, 7) is 2.96. The summed E-state index contributed by atoms with van der Waals surface area (Å²) in [5.74, 6) is -1.39. The molecule has 1 aliphatic rings. The minimum absolute atomic E-state index is 0.119. The third-order valence-corrected chi connectivity index (χ3v) is 6.90. The van der Waals surface area contributed by atoms with Crippen LogP contribution in [0.5, 0.6) is 0 Å². The van der Waals surface area contributed by atoms with Crippen LogP contribution >= 0.6 is 0 Å². The van der Waals surface area contributed by atoms with Crippen molar-refractivity contribution in [3.8, 4) is 0 Å². The molecule has 164 valence electrons. The summed E-state index contributed by atoms with van der Waals surface area (Å²) in [5.41, 5.74) is 1.79. The molecule has 0 radical (unpaired) electrons. The van der Waals surface area contributed by atoms with E-state index in [0.29, 0.717) is 24.1 Å². The average molecular weight is 445 g/mol. The van der Waals surface area contributed by atoms with Crippen LogP contribution in [0.1, 0.15) is 35.7 Å². The maximum absolute atomic E-state index is 12.9. The Morgan fingerprint density at radius 1 is 1.06 bits per heavy atom. The third kappa shape index (κ3) is 5.36. The van der Waals surface area contributed by atoms with Gasteiger partial charge in [-0.2, -0.15) is 4.31 Å². The minimum atomic E-state index is -3.84. The second-order valence-corrected chi connectivity index (χ2v) is 9.27. The van der Waals surface area contributed by atoms with Crippen molar-refractivity contribution in [2.45, 2.75) is 37.6 Å². The van der Waals surface area contributed by atoms with Gasteiger partial charge in [0.1, 0.15) is 6.04 Å². The number of Topliss-reactive ketones (excluding diaryl/α,β-unsaturated/α-hetero) is 1. The molecule has 1 aliphatic heterocycles. The summed E-state index contributed by atoms with van der Waals surface area (Å²) in [5, 5.41) is 2.60. The number of rotatable bonds is 7. The standard InChI is InChI=1S/C22H24N2O6S/c1-15-5-11-19(12-6-15)31(28,29)24-13-3-4-20(24)22(27)30-14-21(26)17-7-9-18(10-8-17)23-16(2)25/h5-12,20H,3-4,13-14H2,1-2H3,(H,23,25)/t20-/m0/s1. The first-order valence-corrected chi connectivity index (χ1v) is 11.3. The molecular formula is C22H24N2O6S. The lowest BCUT2D eigenvalue weighted by atomic mass is 10.1. The number of aryl methyl sites for hydroxylation is 1. The zero-order valence-electron chi connectivity index (χ0n) is 17.3. The Labute approximate surface area is 181 Å². The molecule has 0 aromatic heterocycles. The number of hydrogen-bond donors (Lipinski definition) is 1. The highest BCUT2D eigenvalue weighted by molar-refractivity contribution is 7.89. The van der Waals surface area contributed by atoms with Gasteiger partial charge in [-0.1, -0.05) is 17.7 Å². The normalized spacial score (nSPS) is 16.6. The van der Waals surface area contributed by atoms with Crippen LogP contribution < -0.4 is 5.32 Å². The van der Waals surface area contributed by atoms with Gasteiger partial charge in [-0.25, -0.2) is 8.42 Å². The van der Waals surface area contributed by atoms with Crippen LogP contribution in [-0.2, 0) is 24.3 Å². The molecule has 3 rings (SSSR count). The zero-order valence-corrected chi connectivity index (χ0v) is 18.1. The monoisotopic (exact) mass is 444 g/mol. The van der Waals surface area contributed by atoms with Gasteiger partial charge in [0.25, 0.3) is 0 Å². The van der Waals surface area contributed by atoms with E-state index in [2.05, 4.69) is 5.32 Å². The van der Waals surface area contributed by atoms with E-state index < -0.39 is 34.4 Å². The Morgan fingerprint density at radius 2 is 1.71 bits per heavy atom. The van der Waals surface area contributed by atoms with Crippen molar-refractivity contribution in [2.75, 3.05) is 18.5 Å². The quantitative estimate of drug-likeness (QED) is 0.519. The van der Waals surface area contributed by atoms with Gasteiger partial charge in [0.2, 0.25) is 15.9 Å². The Hall–Kier alpha value is -3.04. The first-order valence-electron chi connectivity index (χ1n) is 9.84. The van der Waals surface area contributed by atoms with Gasteiger partial charge < -0.3 is 10.1 Å². The van der Waals surface area contributed by atoms with Gasteiger partial charge in [0.05, 0.1) is 4.90 Å². The van der Waals surface area contributed by atoms with Crippen molar-refractivity contribution in [2.24, 2.45) is 0 Å². The van der Waals surface area contributed by atoms with Gasteiger partial charge in [-0.15, -0.1) is 0 Å². The van der Waals surface area contributed by atoms with Crippen LogP contribution in [0, 0.1) is 6.92 Å². The van der Waals surface area contributed by atoms with Crippen molar-refractivity contribution in [3.05, 3.63) is 59.7 Å². The number of nitrogens with zero attached hydrogens (tertiary/aromatic N) is 1. The topological polar surface area (TPSA) is 110 Å². The summed E-state index contributed by atoms with van der Waals surface area (Å²) in [6.07, 6.45) is 0.868. The van der Waals surface area contributed by atoms with E-state index in [1.807, 2.05) is 6.92 Å². The van der Waals surface area contributed by atoms with E-state index in [9.17, 15) is 22.8 Å². The highest BCUT2D eigenvalue weighted by Gasteiger charge is 2.40. The maximum atomic E-state index is 12.9. The Bertz CT molecular complexity index is 1080. The van der Waals surface area contributed by atoms with Gasteiger partial charge in [0, 0.05) is 24.7 Å². The lowest BCUT2D eigenvalue weighted by molar-refractivity contribution is -0.146. The highest BCUT2D eigenvalue weighted by atomic mass is 32.2. The van der Waals surface area contributed by atoms with Crippen LogP contribution in [-0.4, -0.2) is 49.6 Å². The van der Waals surface area contributed by atoms with Crippen LogP contribution in [0.3, 0.4) is 0 Å². The fourth-order valence-corrected chi connectivity index (χ4v) is 5.01. The summed E-state index contributed by atoms with van der Waals surface area (Å²) in [6, 6.07) is 11.7. The summed E-state index contributed by atoms with van der Waals surface area (Å²) >= 11 is 0. The zero-order chi connectivity index (χ0) is 22.6. The fourth-order valence-electron chi connectivity index (χ4n) is 3.37. The number of esters is 1. The smallest absolute Gasteiger partial charge is 0.324 e. The number of carbonyl (C=O) groups is 3. The molecule has 0 unspecified atom stereocenters. The number of carbonyl (C=O) groups excluding carboxylic acids is 3. The number of ketones is 1. The summed E-state index contributed by atoms with van der Waals surface area (Å²) in [4.78, 5) is 36.1. The molecular weight excluding hydrogens is 420 g/mol. The second-order valence-electron chi connectivity index (χ2n) is 7.38. The van der Waals surface area contributed by atoms with E-state index >= 15 is 0 Å². The molecule has 0 spiro atoms. The maximum Gasteiger partial charge on any atom is 0.324 e. The summed E-state index contributed by atoms with van der Waals surface area (Å²) in [7, 11) is -3.84. The molecule has 1 heterocycles. The van der Waals surface area contributed by atoms with E-state index in [-0.39, 0.29) is 17.3 Å². The van der Waals surface area contributed by atoms with E-state index in [0.717, 1.165) is 9.87 Å². The Morgan fingerprint density at radius 3 is 2.32 bits per heavy atom. The van der Waals surface area contributed by atoms with Crippen LogP contribution in [0.25, 0.3) is 0 Å². The number of sulfonamides is 1. The van der Waals surface area contributed by atoms with Crippen molar-refractivity contribution < 1.29 is 27.5 Å². The van der Waals surface area contributed by atoms with Crippen molar-refractivity contribution in [1.82, 2.24) is 4.31 Å². The average Bonchev–Trinajstić information content (AvgIpc) is 3.23. The fraction of sp³-hybridized carbons (Fsp3) is 0.318. The lowest BCUT2D eigenvalue weighted by Gasteiger charge is -2.22. The van der Waals surface area contributed by atoms with Crippen molar-refractivity contribution in [1.29, 1.82) is 0 Å². The first-order chi connectivity index (χ1) is 14.7. The van der Waals surface area contributed by atoms with Crippen molar-refractivity contribution >= 4 is 33.4 Å². The third-order valence-electron chi connectivity index (χ3n) is 4.98.